The number of pyridine rings is 1. The van der Waals surface area contributed by atoms with Gasteiger partial charge < -0.3 is 24.3 Å². The maximum Gasteiger partial charge on any atom is 0.410 e. The molecule has 5 rings (SSSR count). The molecular formula is C29H36ClN5O3. The number of carbonyl (C=O) groups excluding carboxylic acids is 1. The Bertz CT molecular complexity index is 1290. The second-order valence-corrected chi connectivity index (χ2v) is 10.8. The Balaban J connectivity index is 0.000000219. The molecule has 1 amide bonds. The SMILES string of the molecule is CC(C)(C)OC(=O)N1CCNCC1.COC(C1=Cc2cccnc2Cc2ccc(Cl)cc21)c1cncn1C. The molecule has 9 heteroatoms. The lowest BCUT2D eigenvalue weighted by atomic mass is 9.93. The van der Waals surface area contributed by atoms with Gasteiger partial charge >= 0.3 is 6.09 Å². The van der Waals surface area contributed by atoms with Crippen LogP contribution in [0.5, 0.6) is 0 Å². The molecule has 1 atom stereocenters. The van der Waals surface area contributed by atoms with Crippen molar-refractivity contribution in [2.75, 3.05) is 33.3 Å². The zero-order valence-electron chi connectivity index (χ0n) is 22.7. The van der Waals surface area contributed by atoms with Crippen molar-refractivity contribution < 1.29 is 14.3 Å². The van der Waals surface area contributed by atoms with Crippen molar-refractivity contribution in [1.82, 2.24) is 24.8 Å². The van der Waals surface area contributed by atoms with Gasteiger partial charge in [-0.2, -0.15) is 0 Å². The number of imidazole rings is 1. The van der Waals surface area contributed by atoms with Crippen LogP contribution in [0, 0.1) is 0 Å². The molecule has 202 valence electrons. The first-order valence-corrected chi connectivity index (χ1v) is 13.2. The van der Waals surface area contributed by atoms with Gasteiger partial charge in [-0.3, -0.25) is 4.98 Å². The Morgan fingerprint density at radius 2 is 1.95 bits per heavy atom. The fourth-order valence-corrected chi connectivity index (χ4v) is 4.72. The summed E-state index contributed by atoms with van der Waals surface area (Å²) < 4.78 is 13.1. The van der Waals surface area contributed by atoms with E-state index in [9.17, 15) is 4.79 Å². The number of aryl methyl sites for hydroxylation is 1. The molecule has 1 N–H and O–H groups in total. The van der Waals surface area contributed by atoms with Gasteiger partial charge in [0.15, 0.2) is 0 Å². The fourth-order valence-electron chi connectivity index (χ4n) is 4.54. The van der Waals surface area contributed by atoms with Crippen LogP contribution in [0.15, 0.2) is 49.1 Å². The highest BCUT2D eigenvalue weighted by molar-refractivity contribution is 6.30. The maximum atomic E-state index is 11.5. The zero-order valence-corrected chi connectivity index (χ0v) is 23.5. The van der Waals surface area contributed by atoms with E-state index in [0.717, 1.165) is 60.7 Å². The van der Waals surface area contributed by atoms with Crippen LogP contribution in [-0.2, 0) is 22.9 Å². The summed E-state index contributed by atoms with van der Waals surface area (Å²) in [7, 11) is 3.69. The van der Waals surface area contributed by atoms with Gasteiger partial charge in [0.1, 0.15) is 11.7 Å². The van der Waals surface area contributed by atoms with E-state index in [1.807, 2.05) is 63.0 Å². The van der Waals surface area contributed by atoms with Crippen LogP contribution in [0.25, 0.3) is 11.6 Å². The molecule has 8 nitrogen and oxygen atoms in total. The van der Waals surface area contributed by atoms with Crippen molar-refractivity contribution >= 4 is 29.3 Å². The highest BCUT2D eigenvalue weighted by Crippen LogP contribution is 2.39. The molecule has 2 aliphatic rings. The number of piperazine rings is 1. The van der Waals surface area contributed by atoms with Crippen LogP contribution in [0.3, 0.4) is 0 Å². The van der Waals surface area contributed by atoms with Gasteiger partial charge in [-0.05, 0) is 67.3 Å². The van der Waals surface area contributed by atoms with Crippen molar-refractivity contribution in [2.24, 2.45) is 7.05 Å². The Hall–Kier alpha value is -3.20. The molecule has 0 spiro atoms. The largest absolute Gasteiger partial charge is 0.444 e. The van der Waals surface area contributed by atoms with E-state index in [4.69, 9.17) is 21.1 Å². The molecular weight excluding hydrogens is 502 g/mol. The van der Waals surface area contributed by atoms with Crippen molar-refractivity contribution in [3.8, 4) is 0 Å². The number of carbonyl (C=O) groups is 1. The first-order valence-electron chi connectivity index (χ1n) is 12.8. The molecule has 1 saturated heterocycles. The Morgan fingerprint density at radius 1 is 1.18 bits per heavy atom. The maximum absolute atomic E-state index is 11.5. The molecule has 3 aromatic rings. The van der Waals surface area contributed by atoms with E-state index >= 15 is 0 Å². The number of methoxy groups -OCH3 is 1. The third-order valence-electron chi connectivity index (χ3n) is 6.39. The normalized spacial score (nSPS) is 15.7. The minimum Gasteiger partial charge on any atom is -0.444 e. The third-order valence-corrected chi connectivity index (χ3v) is 6.62. The Kier molecular flexibility index (Phi) is 8.87. The van der Waals surface area contributed by atoms with Crippen molar-refractivity contribution in [2.45, 2.75) is 38.9 Å². The van der Waals surface area contributed by atoms with Gasteiger partial charge in [0.05, 0.1) is 23.9 Å². The van der Waals surface area contributed by atoms with Crippen molar-refractivity contribution in [3.05, 3.63) is 82.2 Å². The number of nitrogens with one attached hydrogen (secondary N) is 1. The van der Waals surface area contributed by atoms with Crippen LogP contribution in [0.1, 0.15) is 55.0 Å². The summed E-state index contributed by atoms with van der Waals surface area (Å²) in [5.41, 5.74) is 6.12. The number of nitrogens with zero attached hydrogens (tertiary/aromatic N) is 4. The number of halogens is 1. The first-order chi connectivity index (χ1) is 18.2. The summed E-state index contributed by atoms with van der Waals surface area (Å²) in [4.78, 5) is 22.0. The van der Waals surface area contributed by atoms with E-state index in [1.54, 1.807) is 18.3 Å². The topological polar surface area (TPSA) is 81.5 Å². The average Bonchev–Trinajstić information content (AvgIpc) is 3.23. The number of fused-ring (bicyclic) bond motifs is 2. The number of ether oxygens (including phenoxy) is 2. The molecule has 2 aromatic heterocycles. The van der Waals surface area contributed by atoms with E-state index in [2.05, 4.69) is 33.5 Å². The predicted molar refractivity (Wildman–Crippen MR) is 150 cm³/mol. The van der Waals surface area contributed by atoms with Crippen LogP contribution < -0.4 is 5.32 Å². The van der Waals surface area contributed by atoms with Crippen LogP contribution in [0.2, 0.25) is 5.02 Å². The number of amides is 1. The second-order valence-electron chi connectivity index (χ2n) is 10.4. The Labute approximate surface area is 229 Å². The lowest BCUT2D eigenvalue weighted by Crippen LogP contribution is -2.48. The highest BCUT2D eigenvalue weighted by Gasteiger charge is 2.26. The van der Waals surface area contributed by atoms with Gasteiger partial charge in [-0.25, -0.2) is 9.78 Å². The van der Waals surface area contributed by atoms with E-state index in [-0.39, 0.29) is 17.8 Å². The molecule has 0 saturated carbocycles. The lowest BCUT2D eigenvalue weighted by molar-refractivity contribution is 0.0229. The van der Waals surface area contributed by atoms with E-state index in [1.165, 1.54) is 5.56 Å². The number of aromatic nitrogens is 3. The molecule has 1 aliphatic heterocycles. The van der Waals surface area contributed by atoms with E-state index in [0.29, 0.717) is 5.02 Å². The van der Waals surface area contributed by atoms with Gasteiger partial charge in [0.25, 0.3) is 0 Å². The molecule has 1 fully saturated rings. The first kappa shape index (κ1) is 27.8. The monoisotopic (exact) mass is 537 g/mol. The summed E-state index contributed by atoms with van der Waals surface area (Å²) in [5.74, 6) is 0. The summed E-state index contributed by atoms with van der Waals surface area (Å²) in [5, 5.41) is 3.89. The van der Waals surface area contributed by atoms with Crippen molar-refractivity contribution in [1.29, 1.82) is 0 Å². The third kappa shape index (κ3) is 6.81. The summed E-state index contributed by atoms with van der Waals surface area (Å²) >= 11 is 6.31. The summed E-state index contributed by atoms with van der Waals surface area (Å²) in [6, 6.07) is 10.1. The second kappa shape index (κ2) is 12.1. The number of benzene rings is 1. The highest BCUT2D eigenvalue weighted by atomic mass is 35.5. The standard InChI is InChI=1S/C20H18ClN3O.C9H18N2O2/c1-24-12-22-11-19(24)20(25-2)17-8-14-4-3-7-23-18(14)9-13-5-6-15(21)10-16(13)17;1-9(2,3)13-8(12)11-6-4-10-5-7-11/h3-8,10-12,20H,9H2,1-2H3;10H,4-7H2,1-3H3. The number of hydrogen-bond donors (Lipinski definition) is 1. The van der Waals surface area contributed by atoms with Crippen molar-refractivity contribution in [3.63, 3.8) is 0 Å². The molecule has 0 bridgehead atoms. The van der Waals surface area contributed by atoms with Crippen LogP contribution in [0.4, 0.5) is 4.79 Å². The van der Waals surface area contributed by atoms with E-state index < -0.39 is 0 Å². The molecule has 1 unspecified atom stereocenters. The predicted octanol–water partition coefficient (Wildman–Crippen LogP) is 5.13. The molecule has 0 radical (unpaired) electrons. The van der Waals surface area contributed by atoms with Crippen LogP contribution >= 0.6 is 11.6 Å². The van der Waals surface area contributed by atoms with Crippen LogP contribution in [-0.4, -0.2) is 64.4 Å². The average molecular weight is 538 g/mol. The molecule has 38 heavy (non-hydrogen) atoms. The quantitative estimate of drug-likeness (QED) is 0.499. The molecule has 1 aromatic carbocycles. The smallest absolute Gasteiger partial charge is 0.410 e. The minimum absolute atomic E-state index is 0.200. The molecule has 3 heterocycles. The lowest BCUT2D eigenvalue weighted by Gasteiger charge is -2.30. The fraction of sp³-hybridized carbons (Fsp3) is 0.414. The zero-order chi connectivity index (χ0) is 27.3. The van der Waals surface area contributed by atoms with Gasteiger partial charge in [-0.15, -0.1) is 0 Å². The molecule has 1 aliphatic carbocycles. The summed E-state index contributed by atoms with van der Waals surface area (Å²) in [6.07, 6.45) is 7.95. The summed E-state index contributed by atoms with van der Waals surface area (Å²) in [6.45, 7) is 8.86. The number of hydrogen-bond acceptors (Lipinski definition) is 6. The van der Waals surface area contributed by atoms with Gasteiger partial charge in [0.2, 0.25) is 0 Å². The van der Waals surface area contributed by atoms with Gasteiger partial charge in [0, 0.05) is 58.0 Å². The minimum atomic E-state index is -0.387. The van der Waals surface area contributed by atoms with Gasteiger partial charge in [-0.1, -0.05) is 23.7 Å². The number of rotatable bonds is 3. The Morgan fingerprint density at radius 3 is 2.61 bits per heavy atom.